The average molecular weight is 574 g/mol. The molecule has 0 saturated heterocycles. The van der Waals surface area contributed by atoms with Crippen LogP contribution in [0.4, 0.5) is 0 Å². The van der Waals surface area contributed by atoms with Crippen LogP contribution in [0.15, 0.2) is 152 Å². The average Bonchev–Trinajstić information content (AvgIpc) is 3.52. The maximum absolute atomic E-state index is 10.0. The fraction of sp³-hybridized carbons (Fsp3) is 0.0227. The first kappa shape index (κ1) is 21.7. The predicted octanol–water partition coefficient (Wildman–Crippen LogP) is 11.6. The van der Waals surface area contributed by atoms with E-state index >= 15 is 0 Å². The Balaban J connectivity index is 1.38. The van der Waals surface area contributed by atoms with Gasteiger partial charge in [0.25, 0.3) is 0 Å². The number of hydrogen-bond donors (Lipinski definition) is 0. The van der Waals surface area contributed by atoms with Gasteiger partial charge in [-0.05, 0) is 113 Å². The SMILES string of the molecule is [2H]c1c([2H])c([2H])c2c(-c3cccc4ccccc34)c3cc(C#N)ccc3c(-c3ccc4c(c3)-c3ccc(-c5ccccc5)cc3C4)c2c1[2H]. The Labute approximate surface area is 267 Å². The number of fused-ring (bicyclic) bond motifs is 6. The molecule has 0 heterocycles. The van der Waals surface area contributed by atoms with Crippen molar-refractivity contribution in [2.24, 2.45) is 0 Å². The van der Waals surface area contributed by atoms with Gasteiger partial charge in [0.15, 0.2) is 0 Å². The van der Waals surface area contributed by atoms with Crippen molar-refractivity contribution in [3.63, 3.8) is 0 Å². The van der Waals surface area contributed by atoms with Crippen molar-refractivity contribution >= 4 is 32.3 Å². The van der Waals surface area contributed by atoms with Gasteiger partial charge in [0, 0.05) is 0 Å². The van der Waals surface area contributed by atoms with E-state index in [4.69, 9.17) is 2.74 Å². The summed E-state index contributed by atoms with van der Waals surface area (Å²) in [6, 6.07) is 44.7. The maximum Gasteiger partial charge on any atom is 0.0991 e. The molecule has 1 nitrogen and oxygen atoms in total. The predicted molar refractivity (Wildman–Crippen MR) is 188 cm³/mol. The Kier molecular flexibility index (Phi) is 4.84. The Morgan fingerprint density at radius 1 is 0.489 bits per heavy atom. The fourth-order valence-corrected chi connectivity index (χ4v) is 7.17. The van der Waals surface area contributed by atoms with Gasteiger partial charge < -0.3 is 0 Å². The van der Waals surface area contributed by atoms with E-state index in [1.807, 2.05) is 60.7 Å². The second kappa shape index (κ2) is 10.1. The molecule has 0 saturated carbocycles. The molecular formula is C44H27N. The highest BCUT2D eigenvalue weighted by atomic mass is 14.3. The lowest BCUT2D eigenvalue weighted by molar-refractivity contribution is 1.26. The molecule has 9 rings (SSSR count). The minimum Gasteiger partial charge on any atom is -0.192 e. The first-order chi connectivity index (χ1) is 23.9. The van der Waals surface area contributed by atoms with Gasteiger partial charge in [0.05, 0.1) is 17.1 Å². The van der Waals surface area contributed by atoms with E-state index in [1.54, 1.807) is 6.07 Å². The van der Waals surface area contributed by atoms with E-state index in [-0.39, 0.29) is 24.2 Å². The zero-order valence-corrected chi connectivity index (χ0v) is 24.3. The first-order valence-corrected chi connectivity index (χ1v) is 15.1. The molecule has 8 aromatic rings. The normalized spacial score (nSPS) is 13.1. The van der Waals surface area contributed by atoms with Gasteiger partial charge in [0.2, 0.25) is 0 Å². The van der Waals surface area contributed by atoms with Crippen LogP contribution in [0.2, 0.25) is 0 Å². The lowest BCUT2D eigenvalue weighted by Gasteiger charge is -2.19. The molecule has 0 spiro atoms. The summed E-state index contributed by atoms with van der Waals surface area (Å²) in [7, 11) is 0. The molecular weight excluding hydrogens is 542 g/mol. The van der Waals surface area contributed by atoms with Crippen molar-refractivity contribution in [2.75, 3.05) is 0 Å². The molecule has 0 aromatic heterocycles. The van der Waals surface area contributed by atoms with Gasteiger partial charge in [-0.1, -0.05) is 133 Å². The van der Waals surface area contributed by atoms with Gasteiger partial charge in [0.1, 0.15) is 0 Å². The van der Waals surface area contributed by atoms with Crippen molar-refractivity contribution in [3.8, 4) is 50.6 Å². The monoisotopic (exact) mass is 573 g/mol. The summed E-state index contributed by atoms with van der Waals surface area (Å²) < 4.78 is 36.2. The second-order valence-corrected chi connectivity index (χ2v) is 11.7. The standard InChI is InChI=1S/C44H27N/c45-27-28-17-21-40-42(23-28)44(37-16-8-12-30-11-4-5-13-35(30)37)39-15-7-6-14-38(39)43(40)33-19-18-32-25-34-24-31(29-9-2-1-3-10-29)20-22-36(34)41(32)26-33/h1-24,26H,25H2/i6D,7D,14D,15D. The number of rotatable bonds is 3. The summed E-state index contributed by atoms with van der Waals surface area (Å²) in [5, 5.41) is 14.6. The summed E-state index contributed by atoms with van der Waals surface area (Å²) in [5.74, 6) is 0. The van der Waals surface area contributed by atoms with Crippen molar-refractivity contribution in [1.82, 2.24) is 0 Å². The zero-order valence-electron chi connectivity index (χ0n) is 28.3. The third-order valence-electron chi connectivity index (χ3n) is 9.22. The van der Waals surface area contributed by atoms with E-state index in [0.717, 1.165) is 50.2 Å². The van der Waals surface area contributed by atoms with Crippen LogP contribution in [0, 0.1) is 11.3 Å². The zero-order chi connectivity index (χ0) is 33.4. The van der Waals surface area contributed by atoms with Crippen molar-refractivity contribution in [1.29, 1.82) is 5.26 Å². The van der Waals surface area contributed by atoms with E-state index < -0.39 is 0 Å². The van der Waals surface area contributed by atoms with Crippen LogP contribution in [-0.2, 0) is 6.42 Å². The third kappa shape index (κ3) is 4.00. The Bertz CT molecular complexity index is 2740. The molecule has 0 fully saturated rings. The van der Waals surface area contributed by atoms with Crippen molar-refractivity contribution < 1.29 is 5.48 Å². The number of nitrogens with zero attached hydrogens (tertiary/aromatic N) is 1. The molecule has 0 atom stereocenters. The second-order valence-electron chi connectivity index (χ2n) is 11.7. The molecule has 208 valence electrons. The molecule has 0 N–H and O–H groups in total. The lowest BCUT2D eigenvalue weighted by Crippen LogP contribution is -1.93. The highest BCUT2D eigenvalue weighted by Crippen LogP contribution is 2.47. The third-order valence-corrected chi connectivity index (χ3v) is 9.22. The summed E-state index contributed by atoms with van der Waals surface area (Å²) in [6.07, 6.45) is 0.818. The molecule has 0 unspecified atom stereocenters. The van der Waals surface area contributed by atoms with Crippen LogP contribution in [-0.4, -0.2) is 0 Å². The van der Waals surface area contributed by atoms with E-state index in [1.165, 1.54) is 27.8 Å². The van der Waals surface area contributed by atoms with E-state index in [2.05, 4.69) is 66.7 Å². The summed E-state index contributed by atoms with van der Waals surface area (Å²) >= 11 is 0. The van der Waals surface area contributed by atoms with Crippen LogP contribution >= 0.6 is 0 Å². The quantitative estimate of drug-likeness (QED) is 0.193. The molecule has 0 bridgehead atoms. The highest BCUT2D eigenvalue weighted by Gasteiger charge is 2.22. The van der Waals surface area contributed by atoms with Crippen LogP contribution in [0.25, 0.3) is 76.8 Å². The first-order valence-electron chi connectivity index (χ1n) is 17.1. The van der Waals surface area contributed by atoms with Crippen LogP contribution < -0.4 is 0 Å². The molecule has 0 radical (unpaired) electrons. The maximum atomic E-state index is 10.0. The number of nitriles is 1. The highest BCUT2D eigenvalue weighted by molar-refractivity contribution is 6.23. The van der Waals surface area contributed by atoms with Crippen LogP contribution in [0.1, 0.15) is 22.2 Å². The minimum atomic E-state index is -0.280. The smallest absolute Gasteiger partial charge is 0.0991 e. The molecule has 0 amide bonds. The molecule has 8 aromatic carbocycles. The topological polar surface area (TPSA) is 23.8 Å². The summed E-state index contributed by atoms with van der Waals surface area (Å²) in [6.45, 7) is 0. The lowest BCUT2D eigenvalue weighted by atomic mass is 9.83. The minimum absolute atomic E-state index is 0.0767. The van der Waals surface area contributed by atoms with Crippen molar-refractivity contribution in [3.05, 3.63) is 168 Å². The van der Waals surface area contributed by atoms with Gasteiger partial charge in [-0.25, -0.2) is 0 Å². The summed E-state index contributed by atoms with van der Waals surface area (Å²) in [5.41, 5.74) is 10.8. The molecule has 45 heavy (non-hydrogen) atoms. The van der Waals surface area contributed by atoms with Crippen LogP contribution in [0.3, 0.4) is 0 Å². The van der Waals surface area contributed by atoms with Crippen molar-refractivity contribution in [2.45, 2.75) is 6.42 Å². The Morgan fingerprint density at radius 3 is 2.13 bits per heavy atom. The largest absolute Gasteiger partial charge is 0.192 e. The van der Waals surface area contributed by atoms with Gasteiger partial charge >= 0.3 is 0 Å². The molecule has 1 aliphatic rings. The molecule has 1 heteroatoms. The molecule has 0 aliphatic heterocycles. The Morgan fingerprint density at radius 2 is 1.27 bits per heavy atom. The summed E-state index contributed by atoms with van der Waals surface area (Å²) in [4.78, 5) is 0. The van der Waals surface area contributed by atoms with Gasteiger partial charge in [-0.3, -0.25) is 0 Å². The van der Waals surface area contributed by atoms with Crippen LogP contribution in [0.5, 0.6) is 0 Å². The number of benzene rings is 8. The van der Waals surface area contributed by atoms with E-state index in [0.29, 0.717) is 21.9 Å². The van der Waals surface area contributed by atoms with Gasteiger partial charge in [-0.15, -0.1) is 0 Å². The van der Waals surface area contributed by atoms with Gasteiger partial charge in [-0.2, -0.15) is 5.26 Å². The number of hydrogen-bond acceptors (Lipinski definition) is 1. The molecule has 1 aliphatic carbocycles. The Hall–Kier alpha value is -5.97. The fourth-order valence-electron chi connectivity index (χ4n) is 7.17. The van der Waals surface area contributed by atoms with E-state index in [9.17, 15) is 8.00 Å².